The first-order chi connectivity index (χ1) is 8.95. The number of carboxylic acids is 1. The summed E-state index contributed by atoms with van der Waals surface area (Å²) in [6.07, 6.45) is 0.352. The Balaban J connectivity index is 2.75. The summed E-state index contributed by atoms with van der Waals surface area (Å²) in [5.41, 5.74) is 1.32. The first-order valence-electron chi connectivity index (χ1n) is 6.31. The minimum absolute atomic E-state index is 0.0907. The van der Waals surface area contributed by atoms with Crippen LogP contribution in [-0.2, 0) is 4.79 Å². The molecule has 0 fully saturated rings. The predicted octanol–water partition coefficient (Wildman–Crippen LogP) is 2.02. The Hall–Kier alpha value is -1.88. The summed E-state index contributed by atoms with van der Waals surface area (Å²) in [5, 5.41) is 14.9. The molecule has 1 rings (SSSR count). The van der Waals surface area contributed by atoms with Crippen molar-refractivity contribution < 1.29 is 14.7 Å². The van der Waals surface area contributed by atoms with Crippen LogP contribution in [0.5, 0.6) is 0 Å². The average Bonchev–Trinajstić information content (AvgIpc) is 2.31. The zero-order valence-electron chi connectivity index (χ0n) is 11.5. The van der Waals surface area contributed by atoms with Gasteiger partial charge in [-0.1, -0.05) is 13.0 Å². The molecule has 0 saturated heterocycles. The molecule has 1 atom stereocenters. The molecule has 0 spiro atoms. The first kappa shape index (κ1) is 15.2. The van der Waals surface area contributed by atoms with Crippen LogP contribution in [0, 0.1) is 6.92 Å². The van der Waals surface area contributed by atoms with E-state index in [9.17, 15) is 9.59 Å². The predicted molar refractivity (Wildman–Crippen MR) is 74.5 cm³/mol. The highest BCUT2D eigenvalue weighted by atomic mass is 16.4. The van der Waals surface area contributed by atoms with Crippen molar-refractivity contribution in [3.8, 4) is 0 Å². The van der Waals surface area contributed by atoms with E-state index in [4.69, 9.17) is 5.11 Å². The van der Waals surface area contributed by atoms with Gasteiger partial charge < -0.3 is 15.7 Å². The smallest absolute Gasteiger partial charge is 0.336 e. The molecule has 0 aliphatic carbocycles. The van der Waals surface area contributed by atoms with Gasteiger partial charge in [0.05, 0.1) is 5.56 Å². The lowest BCUT2D eigenvalue weighted by molar-refractivity contribution is -0.116. The minimum atomic E-state index is -0.991. The van der Waals surface area contributed by atoms with Gasteiger partial charge >= 0.3 is 5.97 Å². The Bertz CT molecular complexity index is 472. The lowest BCUT2D eigenvalue weighted by Gasteiger charge is -2.14. The number of hydrogen-bond acceptors (Lipinski definition) is 3. The highest BCUT2D eigenvalue weighted by molar-refractivity contribution is 5.96. The number of anilines is 1. The van der Waals surface area contributed by atoms with Gasteiger partial charge in [0.1, 0.15) is 0 Å². The van der Waals surface area contributed by atoms with Crippen molar-refractivity contribution in [2.45, 2.75) is 33.2 Å². The standard InChI is InChI=1S/C14H20N2O3/c1-4-15-9(2)8-13(17)16-12-7-5-6-11(10(12)3)14(18)19/h5-7,9,15H,4,8H2,1-3H3,(H,16,17)(H,18,19). The molecule has 1 aromatic rings. The van der Waals surface area contributed by atoms with Crippen LogP contribution in [0.25, 0.3) is 0 Å². The molecule has 5 nitrogen and oxygen atoms in total. The third-order valence-corrected chi connectivity index (χ3v) is 2.88. The van der Waals surface area contributed by atoms with Crippen molar-refractivity contribution in [3.05, 3.63) is 29.3 Å². The van der Waals surface area contributed by atoms with Crippen LogP contribution in [0.3, 0.4) is 0 Å². The van der Waals surface area contributed by atoms with E-state index in [2.05, 4.69) is 10.6 Å². The van der Waals surface area contributed by atoms with E-state index >= 15 is 0 Å². The number of carbonyl (C=O) groups excluding carboxylic acids is 1. The van der Waals surface area contributed by atoms with Gasteiger partial charge in [0.2, 0.25) is 5.91 Å². The van der Waals surface area contributed by atoms with Gasteiger partial charge in [-0.05, 0) is 38.1 Å². The second-order valence-electron chi connectivity index (χ2n) is 4.49. The van der Waals surface area contributed by atoms with Crippen LogP contribution in [0.4, 0.5) is 5.69 Å². The number of nitrogens with one attached hydrogen (secondary N) is 2. The Morgan fingerprint density at radius 2 is 2.05 bits per heavy atom. The number of amides is 1. The normalized spacial score (nSPS) is 11.9. The third kappa shape index (κ3) is 4.37. The first-order valence-corrected chi connectivity index (χ1v) is 6.31. The number of benzene rings is 1. The molecule has 0 bridgehead atoms. The van der Waals surface area contributed by atoms with Crippen molar-refractivity contribution >= 4 is 17.6 Å². The van der Waals surface area contributed by atoms with Gasteiger partial charge in [-0.15, -0.1) is 0 Å². The molecule has 0 aromatic heterocycles. The summed E-state index contributed by atoms with van der Waals surface area (Å²) in [7, 11) is 0. The van der Waals surface area contributed by atoms with E-state index in [1.807, 2.05) is 13.8 Å². The number of hydrogen-bond donors (Lipinski definition) is 3. The van der Waals surface area contributed by atoms with E-state index in [-0.39, 0.29) is 17.5 Å². The largest absolute Gasteiger partial charge is 0.478 e. The SMILES string of the molecule is CCNC(C)CC(=O)Nc1cccc(C(=O)O)c1C. The van der Waals surface area contributed by atoms with E-state index in [1.54, 1.807) is 19.1 Å². The minimum Gasteiger partial charge on any atom is -0.478 e. The summed E-state index contributed by atoms with van der Waals surface area (Å²) in [4.78, 5) is 22.8. The van der Waals surface area contributed by atoms with E-state index in [1.165, 1.54) is 6.07 Å². The van der Waals surface area contributed by atoms with Crippen molar-refractivity contribution in [1.82, 2.24) is 5.32 Å². The summed E-state index contributed by atoms with van der Waals surface area (Å²) in [5.74, 6) is -1.12. The Morgan fingerprint density at radius 1 is 1.37 bits per heavy atom. The molecule has 1 amide bonds. The van der Waals surface area contributed by atoms with Crippen molar-refractivity contribution in [3.63, 3.8) is 0 Å². The molecule has 5 heteroatoms. The van der Waals surface area contributed by atoms with Gasteiger partial charge in [0, 0.05) is 18.2 Å². The Kier molecular flexibility index (Phi) is 5.51. The molecule has 3 N–H and O–H groups in total. The average molecular weight is 264 g/mol. The zero-order chi connectivity index (χ0) is 14.4. The Labute approximate surface area is 113 Å². The van der Waals surface area contributed by atoms with Crippen LogP contribution < -0.4 is 10.6 Å². The molecular weight excluding hydrogens is 244 g/mol. The second-order valence-corrected chi connectivity index (χ2v) is 4.49. The fraction of sp³-hybridized carbons (Fsp3) is 0.429. The van der Waals surface area contributed by atoms with Gasteiger partial charge in [0.15, 0.2) is 0 Å². The maximum absolute atomic E-state index is 11.8. The van der Waals surface area contributed by atoms with Crippen molar-refractivity contribution in [1.29, 1.82) is 0 Å². The molecule has 1 aromatic carbocycles. The maximum atomic E-state index is 11.8. The van der Waals surface area contributed by atoms with Gasteiger partial charge in [-0.3, -0.25) is 4.79 Å². The summed E-state index contributed by atoms with van der Waals surface area (Å²) >= 11 is 0. The number of carboxylic acid groups (broad SMARTS) is 1. The lowest BCUT2D eigenvalue weighted by atomic mass is 10.1. The zero-order valence-corrected chi connectivity index (χ0v) is 11.5. The second kappa shape index (κ2) is 6.89. The van der Waals surface area contributed by atoms with Crippen molar-refractivity contribution in [2.75, 3.05) is 11.9 Å². The highest BCUT2D eigenvalue weighted by Gasteiger charge is 2.13. The van der Waals surface area contributed by atoms with Crippen LogP contribution in [0.1, 0.15) is 36.2 Å². The Morgan fingerprint density at radius 3 is 2.63 bits per heavy atom. The van der Waals surface area contributed by atoms with Crippen LogP contribution in [0.2, 0.25) is 0 Å². The van der Waals surface area contributed by atoms with Gasteiger partial charge in [-0.2, -0.15) is 0 Å². The molecule has 19 heavy (non-hydrogen) atoms. The maximum Gasteiger partial charge on any atom is 0.336 e. The quantitative estimate of drug-likeness (QED) is 0.734. The highest BCUT2D eigenvalue weighted by Crippen LogP contribution is 2.19. The van der Waals surface area contributed by atoms with E-state index in [0.717, 1.165) is 6.54 Å². The molecule has 0 heterocycles. The van der Waals surface area contributed by atoms with Crippen LogP contribution >= 0.6 is 0 Å². The lowest BCUT2D eigenvalue weighted by Crippen LogP contribution is -2.30. The number of carbonyl (C=O) groups is 2. The topological polar surface area (TPSA) is 78.4 Å². The summed E-state index contributed by atoms with van der Waals surface area (Å²) in [6, 6.07) is 4.94. The van der Waals surface area contributed by atoms with E-state index in [0.29, 0.717) is 17.7 Å². The van der Waals surface area contributed by atoms with Gasteiger partial charge in [-0.25, -0.2) is 4.79 Å². The molecule has 0 aliphatic rings. The molecule has 104 valence electrons. The third-order valence-electron chi connectivity index (χ3n) is 2.88. The fourth-order valence-electron chi connectivity index (χ4n) is 1.90. The monoisotopic (exact) mass is 264 g/mol. The number of aromatic carboxylic acids is 1. The molecule has 0 saturated carbocycles. The number of rotatable bonds is 6. The van der Waals surface area contributed by atoms with Crippen molar-refractivity contribution in [2.24, 2.45) is 0 Å². The molecular formula is C14H20N2O3. The van der Waals surface area contributed by atoms with E-state index < -0.39 is 5.97 Å². The molecule has 0 radical (unpaired) electrons. The fourth-order valence-corrected chi connectivity index (χ4v) is 1.90. The van der Waals surface area contributed by atoms with Gasteiger partial charge in [0.25, 0.3) is 0 Å². The van der Waals surface area contributed by atoms with Crippen LogP contribution in [-0.4, -0.2) is 29.6 Å². The summed E-state index contributed by atoms with van der Waals surface area (Å²) < 4.78 is 0. The molecule has 1 unspecified atom stereocenters. The van der Waals surface area contributed by atoms with Crippen LogP contribution in [0.15, 0.2) is 18.2 Å². The molecule has 0 aliphatic heterocycles. The summed E-state index contributed by atoms with van der Waals surface area (Å²) in [6.45, 7) is 6.41.